The number of hydrogen-bond acceptors (Lipinski definition) is 4. The van der Waals surface area contributed by atoms with E-state index in [0.29, 0.717) is 19.5 Å². The summed E-state index contributed by atoms with van der Waals surface area (Å²) in [6.07, 6.45) is 1.95. The second-order valence-electron chi connectivity index (χ2n) is 7.80. The SMILES string of the molecule is Cc1ccc(Nc2cccc3c2CCN(S(C)(=O)=O)C3)cc1-c1ccc(CO)cc1. The number of nitrogens with zero attached hydrogens (tertiary/aromatic N) is 1. The topological polar surface area (TPSA) is 69.6 Å². The Morgan fingerprint density at radius 1 is 1.07 bits per heavy atom. The number of nitrogens with one attached hydrogen (secondary N) is 1. The molecular formula is C24H26N2O3S. The Morgan fingerprint density at radius 3 is 2.53 bits per heavy atom. The Bertz CT molecular complexity index is 1170. The van der Waals surface area contributed by atoms with Gasteiger partial charge in [0.2, 0.25) is 10.0 Å². The van der Waals surface area contributed by atoms with Gasteiger partial charge in [0.25, 0.3) is 0 Å². The van der Waals surface area contributed by atoms with Crippen molar-refractivity contribution in [3.05, 3.63) is 82.9 Å². The van der Waals surface area contributed by atoms with Crippen LogP contribution in [0.5, 0.6) is 0 Å². The zero-order valence-corrected chi connectivity index (χ0v) is 18.0. The van der Waals surface area contributed by atoms with Crippen LogP contribution in [-0.4, -0.2) is 30.6 Å². The summed E-state index contributed by atoms with van der Waals surface area (Å²) in [5.74, 6) is 0. The molecule has 3 aromatic rings. The van der Waals surface area contributed by atoms with Crippen LogP contribution in [0.4, 0.5) is 11.4 Å². The molecule has 156 valence electrons. The van der Waals surface area contributed by atoms with Gasteiger partial charge in [-0.3, -0.25) is 0 Å². The number of aryl methyl sites for hydroxylation is 1. The molecule has 0 unspecified atom stereocenters. The highest BCUT2D eigenvalue weighted by Crippen LogP contribution is 2.32. The highest BCUT2D eigenvalue weighted by molar-refractivity contribution is 7.88. The van der Waals surface area contributed by atoms with Crippen LogP contribution in [0.1, 0.15) is 22.3 Å². The van der Waals surface area contributed by atoms with Gasteiger partial charge in [-0.25, -0.2) is 8.42 Å². The van der Waals surface area contributed by atoms with Crippen molar-refractivity contribution in [2.75, 3.05) is 18.1 Å². The lowest BCUT2D eigenvalue weighted by Gasteiger charge is -2.28. The molecular weight excluding hydrogens is 396 g/mol. The Labute approximate surface area is 178 Å². The van der Waals surface area contributed by atoms with Crippen LogP contribution in [0.15, 0.2) is 60.7 Å². The highest BCUT2D eigenvalue weighted by atomic mass is 32.2. The smallest absolute Gasteiger partial charge is 0.211 e. The molecule has 3 aromatic carbocycles. The van der Waals surface area contributed by atoms with E-state index in [2.05, 4.69) is 30.4 Å². The van der Waals surface area contributed by atoms with E-state index in [0.717, 1.165) is 33.6 Å². The lowest BCUT2D eigenvalue weighted by atomic mass is 9.97. The minimum absolute atomic E-state index is 0.0384. The first-order valence-corrected chi connectivity index (χ1v) is 11.8. The minimum atomic E-state index is -3.19. The van der Waals surface area contributed by atoms with E-state index >= 15 is 0 Å². The molecule has 6 heteroatoms. The molecule has 1 aliphatic heterocycles. The van der Waals surface area contributed by atoms with E-state index in [1.807, 2.05) is 42.5 Å². The van der Waals surface area contributed by atoms with Crippen molar-refractivity contribution in [3.63, 3.8) is 0 Å². The highest BCUT2D eigenvalue weighted by Gasteiger charge is 2.24. The molecule has 0 bridgehead atoms. The third-order valence-electron chi connectivity index (χ3n) is 5.66. The van der Waals surface area contributed by atoms with Crippen molar-refractivity contribution >= 4 is 21.4 Å². The molecule has 0 saturated heterocycles. The molecule has 0 atom stereocenters. The molecule has 1 heterocycles. The minimum Gasteiger partial charge on any atom is -0.392 e. The van der Waals surface area contributed by atoms with Crippen LogP contribution in [-0.2, 0) is 29.6 Å². The van der Waals surface area contributed by atoms with Crippen molar-refractivity contribution in [2.45, 2.75) is 26.5 Å². The Hall–Kier alpha value is -2.67. The number of hydrogen-bond donors (Lipinski definition) is 2. The van der Waals surface area contributed by atoms with Crippen LogP contribution in [0.25, 0.3) is 11.1 Å². The van der Waals surface area contributed by atoms with Gasteiger partial charge in [-0.2, -0.15) is 4.31 Å². The molecule has 0 aromatic heterocycles. The van der Waals surface area contributed by atoms with Crippen molar-refractivity contribution in [2.24, 2.45) is 0 Å². The van der Waals surface area contributed by atoms with Crippen molar-refractivity contribution in [3.8, 4) is 11.1 Å². The van der Waals surface area contributed by atoms with E-state index in [4.69, 9.17) is 0 Å². The molecule has 0 spiro atoms. The summed E-state index contributed by atoms with van der Waals surface area (Å²) >= 11 is 0. The van der Waals surface area contributed by atoms with Gasteiger partial charge < -0.3 is 10.4 Å². The van der Waals surface area contributed by atoms with Gasteiger partial charge in [-0.1, -0.05) is 42.5 Å². The first kappa shape index (κ1) is 20.6. The largest absolute Gasteiger partial charge is 0.392 e. The van der Waals surface area contributed by atoms with Gasteiger partial charge in [-0.15, -0.1) is 0 Å². The number of sulfonamides is 1. The van der Waals surface area contributed by atoms with E-state index in [-0.39, 0.29) is 6.61 Å². The summed E-state index contributed by atoms with van der Waals surface area (Å²) in [4.78, 5) is 0. The molecule has 5 nitrogen and oxygen atoms in total. The van der Waals surface area contributed by atoms with E-state index < -0.39 is 10.0 Å². The zero-order chi connectivity index (χ0) is 21.3. The number of rotatable bonds is 5. The molecule has 30 heavy (non-hydrogen) atoms. The zero-order valence-electron chi connectivity index (χ0n) is 17.2. The standard InChI is InChI=1S/C24H26N2O3S/c1-17-6-11-21(14-23(17)19-9-7-18(16-27)8-10-19)25-24-5-3-4-20-15-26(30(2,28)29)13-12-22(20)24/h3-11,14,25,27H,12-13,15-16H2,1-2H3. The maximum atomic E-state index is 11.9. The van der Waals surface area contributed by atoms with Gasteiger partial charge in [0.05, 0.1) is 12.9 Å². The summed E-state index contributed by atoms with van der Waals surface area (Å²) in [5, 5.41) is 12.8. The van der Waals surface area contributed by atoms with Gasteiger partial charge in [-0.05, 0) is 64.9 Å². The maximum Gasteiger partial charge on any atom is 0.211 e. The molecule has 4 rings (SSSR count). The first-order chi connectivity index (χ1) is 14.3. The number of fused-ring (bicyclic) bond motifs is 1. The molecule has 0 radical (unpaired) electrons. The van der Waals surface area contributed by atoms with E-state index in [1.54, 1.807) is 0 Å². The normalized spacial score (nSPS) is 14.4. The van der Waals surface area contributed by atoms with E-state index in [1.165, 1.54) is 21.7 Å². The van der Waals surface area contributed by atoms with Crippen molar-refractivity contribution in [1.29, 1.82) is 0 Å². The summed E-state index contributed by atoms with van der Waals surface area (Å²) < 4.78 is 25.4. The molecule has 0 fully saturated rings. The van der Waals surface area contributed by atoms with Gasteiger partial charge in [0.1, 0.15) is 0 Å². The monoisotopic (exact) mass is 422 g/mol. The first-order valence-electron chi connectivity index (χ1n) is 9.99. The van der Waals surface area contributed by atoms with Crippen LogP contribution < -0.4 is 5.32 Å². The van der Waals surface area contributed by atoms with Crippen LogP contribution in [0.3, 0.4) is 0 Å². The van der Waals surface area contributed by atoms with Gasteiger partial charge in [0.15, 0.2) is 0 Å². The number of benzene rings is 3. The fourth-order valence-corrected chi connectivity index (χ4v) is 4.74. The second-order valence-corrected chi connectivity index (χ2v) is 9.78. The second kappa shape index (κ2) is 8.22. The predicted octanol–water partition coefficient (Wildman–Crippen LogP) is 4.22. The fraction of sp³-hybridized carbons (Fsp3) is 0.250. The summed E-state index contributed by atoms with van der Waals surface area (Å²) in [6.45, 7) is 3.04. The Balaban J connectivity index is 1.63. The summed E-state index contributed by atoms with van der Waals surface area (Å²) in [7, 11) is -3.19. The Morgan fingerprint density at radius 2 is 1.83 bits per heavy atom. The van der Waals surface area contributed by atoms with Gasteiger partial charge >= 0.3 is 0 Å². The van der Waals surface area contributed by atoms with Crippen LogP contribution in [0.2, 0.25) is 0 Å². The average Bonchev–Trinajstić information content (AvgIpc) is 2.74. The average molecular weight is 423 g/mol. The summed E-state index contributed by atoms with van der Waals surface area (Å²) in [6, 6.07) is 20.2. The molecule has 2 N–H and O–H groups in total. The molecule has 0 aliphatic carbocycles. The van der Waals surface area contributed by atoms with Crippen molar-refractivity contribution in [1.82, 2.24) is 4.31 Å². The third kappa shape index (κ3) is 4.26. The molecule has 0 saturated carbocycles. The molecule has 0 amide bonds. The van der Waals surface area contributed by atoms with Crippen LogP contribution >= 0.6 is 0 Å². The predicted molar refractivity (Wildman–Crippen MR) is 121 cm³/mol. The lowest BCUT2D eigenvalue weighted by Crippen LogP contribution is -2.35. The van der Waals surface area contributed by atoms with Crippen LogP contribution in [0, 0.1) is 6.92 Å². The van der Waals surface area contributed by atoms with Gasteiger partial charge in [0, 0.05) is 24.5 Å². The summed E-state index contributed by atoms with van der Waals surface area (Å²) in [5.41, 5.74) is 8.54. The third-order valence-corrected chi connectivity index (χ3v) is 6.91. The van der Waals surface area contributed by atoms with E-state index in [9.17, 15) is 13.5 Å². The Kier molecular flexibility index (Phi) is 5.64. The number of anilines is 2. The number of aliphatic hydroxyl groups is 1. The maximum absolute atomic E-state index is 11.9. The number of aliphatic hydroxyl groups excluding tert-OH is 1. The molecule has 1 aliphatic rings. The quantitative estimate of drug-likeness (QED) is 0.646. The van der Waals surface area contributed by atoms with Crippen molar-refractivity contribution < 1.29 is 13.5 Å². The lowest BCUT2D eigenvalue weighted by molar-refractivity contribution is 0.282. The fourth-order valence-electron chi connectivity index (χ4n) is 3.94.